The monoisotopic (exact) mass is 356 g/mol. The van der Waals surface area contributed by atoms with E-state index in [9.17, 15) is 4.79 Å². The van der Waals surface area contributed by atoms with Gasteiger partial charge in [-0.2, -0.15) is 9.90 Å². The van der Waals surface area contributed by atoms with Crippen molar-refractivity contribution in [1.82, 2.24) is 20.0 Å². The summed E-state index contributed by atoms with van der Waals surface area (Å²) in [5.41, 5.74) is 2.23. The summed E-state index contributed by atoms with van der Waals surface area (Å²) in [6.07, 6.45) is 1.62. The van der Waals surface area contributed by atoms with Crippen LogP contribution < -0.4 is 10.2 Å². The molecule has 8 heteroatoms. The van der Waals surface area contributed by atoms with E-state index in [1.54, 1.807) is 31.3 Å². The Morgan fingerprint density at radius 1 is 1.20 bits per heavy atom. The van der Waals surface area contributed by atoms with E-state index >= 15 is 0 Å². The van der Waals surface area contributed by atoms with Crippen molar-refractivity contribution >= 4 is 29.0 Å². The zero-order valence-electron chi connectivity index (χ0n) is 14.1. The van der Waals surface area contributed by atoms with Crippen molar-refractivity contribution in [3.05, 3.63) is 59.0 Å². The van der Waals surface area contributed by atoms with Crippen molar-refractivity contribution < 1.29 is 4.79 Å². The van der Waals surface area contributed by atoms with E-state index in [1.165, 1.54) is 4.80 Å². The zero-order chi connectivity index (χ0) is 18.0. The fourth-order valence-corrected chi connectivity index (χ4v) is 2.51. The lowest BCUT2D eigenvalue weighted by molar-refractivity contribution is 0.102. The predicted molar refractivity (Wildman–Crippen MR) is 97.6 cm³/mol. The Hall–Kier alpha value is -2.93. The quantitative estimate of drug-likeness (QED) is 0.777. The van der Waals surface area contributed by atoms with Crippen LogP contribution in [0.2, 0.25) is 5.02 Å². The van der Waals surface area contributed by atoms with Gasteiger partial charge in [-0.15, -0.1) is 5.10 Å². The smallest absolute Gasteiger partial charge is 0.279 e. The summed E-state index contributed by atoms with van der Waals surface area (Å²) in [7, 11) is 3.76. The predicted octanol–water partition coefficient (Wildman–Crippen LogP) is 2.94. The molecule has 25 heavy (non-hydrogen) atoms. The van der Waals surface area contributed by atoms with E-state index in [-0.39, 0.29) is 11.6 Å². The van der Waals surface area contributed by atoms with Crippen LogP contribution in [0.1, 0.15) is 16.2 Å². The van der Waals surface area contributed by atoms with E-state index in [0.29, 0.717) is 22.2 Å². The second-order valence-electron chi connectivity index (χ2n) is 5.62. The number of halogens is 1. The number of nitrogens with zero attached hydrogens (tertiary/aromatic N) is 5. The first-order valence-corrected chi connectivity index (χ1v) is 7.97. The summed E-state index contributed by atoms with van der Waals surface area (Å²) in [4.78, 5) is 20.1. The summed E-state index contributed by atoms with van der Waals surface area (Å²) in [6, 6.07) is 10.8. The largest absolute Gasteiger partial charge is 0.375 e. The van der Waals surface area contributed by atoms with Crippen molar-refractivity contribution in [2.75, 3.05) is 24.3 Å². The molecule has 1 aromatic carbocycles. The molecule has 0 aliphatic rings. The molecule has 1 amide bonds. The molecule has 1 N–H and O–H groups in total. The molecule has 0 saturated carbocycles. The maximum atomic E-state index is 12.6. The highest BCUT2D eigenvalue weighted by Gasteiger charge is 2.18. The Balaban J connectivity index is 1.89. The second-order valence-corrected chi connectivity index (χ2v) is 6.06. The Kier molecular flexibility index (Phi) is 4.67. The number of benzene rings is 1. The van der Waals surface area contributed by atoms with Crippen LogP contribution >= 0.6 is 11.6 Å². The van der Waals surface area contributed by atoms with Gasteiger partial charge in [0.05, 0.1) is 17.1 Å². The fourth-order valence-electron chi connectivity index (χ4n) is 2.33. The number of carbonyl (C=O) groups is 1. The fraction of sp³-hybridized carbons (Fsp3) is 0.176. The first-order chi connectivity index (χ1) is 12.0. The van der Waals surface area contributed by atoms with Gasteiger partial charge in [-0.25, -0.2) is 4.98 Å². The highest BCUT2D eigenvalue weighted by atomic mass is 35.5. The number of carbonyl (C=O) groups excluding carboxylic acids is 1. The molecule has 2 heterocycles. The third kappa shape index (κ3) is 3.61. The number of pyridine rings is 1. The third-order valence-corrected chi connectivity index (χ3v) is 3.77. The van der Waals surface area contributed by atoms with E-state index in [1.807, 2.05) is 37.2 Å². The van der Waals surface area contributed by atoms with Crippen LogP contribution in [0.15, 0.2) is 42.6 Å². The van der Waals surface area contributed by atoms with Crippen LogP contribution in [0.25, 0.3) is 5.69 Å². The van der Waals surface area contributed by atoms with Crippen molar-refractivity contribution in [2.45, 2.75) is 6.92 Å². The van der Waals surface area contributed by atoms with Gasteiger partial charge in [-0.05, 0) is 37.3 Å². The minimum absolute atomic E-state index is 0.232. The highest BCUT2D eigenvalue weighted by Crippen LogP contribution is 2.21. The van der Waals surface area contributed by atoms with Crippen LogP contribution in [0.5, 0.6) is 0 Å². The van der Waals surface area contributed by atoms with Crippen molar-refractivity contribution in [3.8, 4) is 5.69 Å². The van der Waals surface area contributed by atoms with E-state index < -0.39 is 0 Å². The summed E-state index contributed by atoms with van der Waals surface area (Å²) < 4.78 is 0. The average Bonchev–Trinajstić information content (AvgIpc) is 2.97. The number of nitrogens with one attached hydrogen (secondary N) is 1. The van der Waals surface area contributed by atoms with E-state index in [4.69, 9.17) is 11.6 Å². The molecule has 0 bridgehead atoms. The molecule has 0 fully saturated rings. The minimum atomic E-state index is -0.368. The van der Waals surface area contributed by atoms with Crippen LogP contribution in [0, 0.1) is 6.92 Å². The zero-order valence-corrected chi connectivity index (χ0v) is 14.8. The summed E-state index contributed by atoms with van der Waals surface area (Å²) >= 11 is 6.00. The SMILES string of the molecule is Cc1nn(-c2cccc(Cl)c2)nc1C(=O)Nc1ncccc1N(C)C. The number of hydrogen-bond donors (Lipinski definition) is 1. The van der Waals surface area contributed by atoms with Gasteiger partial charge in [-0.1, -0.05) is 17.7 Å². The van der Waals surface area contributed by atoms with Gasteiger partial charge in [0.15, 0.2) is 11.5 Å². The number of aromatic nitrogens is 4. The maximum Gasteiger partial charge on any atom is 0.279 e. The molecule has 3 aromatic rings. The van der Waals surface area contributed by atoms with Gasteiger partial charge < -0.3 is 10.2 Å². The summed E-state index contributed by atoms with van der Waals surface area (Å²) in [6.45, 7) is 1.73. The Labute approximate surface area is 150 Å². The van der Waals surface area contributed by atoms with Crippen molar-refractivity contribution in [3.63, 3.8) is 0 Å². The maximum absolute atomic E-state index is 12.6. The molecule has 7 nitrogen and oxygen atoms in total. The molecule has 0 spiro atoms. The van der Waals surface area contributed by atoms with Crippen molar-refractivity contribution in [1.29, 1.82) is 0 Å². The molecular weight excluding hydrogens is 340 g/mol. The van der Waals surface area contributed by atoms with Gasteiger partial charge in [0.25, 0.3) is 5.91 Å². The van der Waals surface area contributed by atoms with Crippen LogP contribution in [-0.2, 0) is 0 Å². The molecule has 0 unspecified atom stereocenters. The first-order valence-electron chi connectivity index (χ1n) is 7.59. The lowest BCUT2D eigenvalue weighted by Crippen LogP contribution is -2.19. The molecule has 128 valence electrons. The molecule has 0 saturated heterocycles. The molecule has 0 atom stereocenters. The Morgan fingerprint density at radius 3 is 2.72 bits per heavy atom. The van der Waals surface area contributed by atoms with Gasteiger partial charge in [0, 0.05) is 25.3 Å². The van der Waals surface area contributed by atoms with Gasteiger partial charge in [0.2, 0.25) is 0 Å². The van der Waals surface area contributed by atoms with Gasteiger partial charge in [0.1, 0.15) is 0 Å². The average molecular weight is 357 g/mol. The van der Waals surface area contributed by atoms with Crippen LogP contribution in [0.3, 0.4) is 0 Å². The first kappa shape index (κ1) is 16.9. The molecule has 0 aliphatic carbocycles. The van der Waals surface area contributed by atoms with Crippen LogP contribution in [0.4, 0.5) is 11.5 Å². The lowest BCUT2D eigenvalue weighted by atomic mass is 10.3. The van der Waals surface area contributed by atoms with E-state index in [0.717, 1.165) is 5.69 Å². The number of aryl methyl sites for hydroxylation is 1. The summed E-state index contributed by atoms with van der Waals surface area (Å²) in [5.74, 6) is 0.0989. The molecular formula is C17H17ClN6O. The van der Waals surface area contributed by atoms with Gasteiger partial charge in [-0.3, -0.25) is 4.79 Å². The number of rotatable bonds is 4. The van der Waals surface area contributed by atoms with Gasteiger partial charge >= 0.3 is 0 Å². The number of anilines is 2. The Morgan fingerprint density at radius 2 is 2.00 bits per heavy atom. The topological polar surface area (TPSA) is 75.9 Å². The van der Waals surface area contributed by atoms with Crippen LogP contribution in [-0.4, -0.2) is 40.0 Å². The minimum Gasteiger partial charge on any atom is -0.375 e. The number of amides is 1. The molecule has 3 rings (SSSR count). The molecule has 0 aliphatic heterocycles. The second kappa shape index (κ2) is 6.90. The standard InChI is InChI=1S/C17H17ClN6O/c1-11-15(22-24(21-11)13-7-4-6-12(18)10-13)17(25)20-16-14(23(2)3)8-5-9-19-16/h4-10H,1-3H3,(H,19,20,25). The lowest BCUT2D eigenvalue weighted by Gasteiger charge is -2.16. The Bertz CT molecular complexity index is 921. The normalized spacial score (nSPS) is 10.6. The molecule has 2 aromatic heterocycles. The highest BCUT2D eigenvalue weighted by molar-refractivity contribution is 6.30. The third-order valence-electron chi connectivity index (χ3n) is 3.54. The molecule has 0 radical (unpaired) electrons. The van der Waals surface area contributed by atoms with Crippen molar-refractivity contribution in [2.24, 2.45) is 0 Å². The summed E-state index contributed by atoms with van der Waals surface area (Å²) in [5, 5.41) is 11.9. The van der Waals surface area contributed by atoms with E-state index in [2.05, 4.69) is 20.5 Å². The number of hydrogen-bond acceptors (Lipinski definition) is 5.